The minimum absolute atomic E-state index is 0.348. The summed E-state index contributed by atoms with van der Waals surface area (Å²) in [6.45, 7) is 0. The lowest BCUT2D eigenvalue weighted by Gasteiger charge is -2.08. The molecule has 0 fully saturated rings. The molecule has 2 heterocycles. The van der Waals surface area contributed by atoms with E-state index in [1.54, 1.807) is 36.5 Å². The maximum atomic E-state index is 13.0. The third-order valence-corrected chi connectivity index (χ3v) is 4.41. The standard InChI is InChI=1S/C21H14F3N3O/c22-21(23,24)15-6-1-4-13(10-15)18-11-14-5-2-8-17(19(14)27-18)20(28)26-16-7-3-9-25-12-16/h1-10,12H,11H2,(H,26,28). The van der Waals surface area contributed by atoms with Gasteiger partial charge in [-0.25, -0.2) is 0 Å². The Kier molecular flexibility index (Phi) is 4.43. The van der Waals surface area contributed by atoms with Gasteiger partial charge in [0, 0.05) is 12.6 Å². The number of hydrogen-bond acceptors (Lipinski definition) is 3. The van der Waals surface area contributed by atoms with Crippen molar-refractivity contribution in [2.24, 2.45) is 4.99 Å². The summed E-state index contributed by atoms with van der Waals surface area (Å²) in [6.07, 6.45) is -0.929. The lowest BCUT2D eigenvalue weighted by atomic mass is 10.0. The zero-order chi connectivity index (χ0) is 19.7. The number of hydrogen-bond donors (Lipinski definition) is 1. The van der Waals surface area contributed by atoms with E-state index >= 15 is 0 Å². The van der Waals surface area contributed by atoms with Crippen molar-refractivity contribution < 1.29 is 18.0 Å². The van der Waals surface area contributed by atoms with Gasteiger partial charge in [0.25, 0.3) is 5.91 Å². The smallest absolute Gasteiger partial charge is 0.321 e. The number of carbonyl (C=O) groups excluding carboxylic acids is 1. The van der Waals surface area contributed by atoms with E-state index in [2.05, 4.69) is 15.3 Å². The third-order valence-electron chi connectivity index (χ3n) is 4.41. The zero-order valence-electron chi connectivity index (χ0n) is 14.5. The molecule has 4 rings (SSSR count). The molecule has 0 unspecified atom stereocenters. The van der Waals surface area contributed by atoms with E-state index in [4.69, 9.17) is 0 Å². The summed E-state index contributed by atoms with van der Waals surface area (Å²) < 4.78 is 39.0. The normalized spacial score (nSPS) is 13.0. The first-order valence-electron chi connectivity index (χ1n) is 8.50. The highest BCUT2D eigenvalue weighted by molar-refractivity contribution is 6.13. The number of pyridine rings is 1. The number of nitrogens with zero attached hydrogens (tertiary/aromatic N) is 2. The minimum Gasteiger partial charge on any atom is -0.321 e. The van der Waals surface area contributed by atoms with Gasteiger partial charge in [-0.05, 0) is 41.5 Å². The highest BCUT2D eigenvalue weighted by atomic mass is 19.4. The van der Waals surface area contributed by atoms with Crippen LogP contribution in [0.5, 0.6) is 0 Å². The van der Waals surface area contributed by atoms with E-state index < -0.39 is 11.7 Å². The monoisotopic (exact) mass is 381 g/mol. The van der Waals surface area contributed by atoms with Gasteiger partial charge in [-0.3, -0.25) is 14.8 Å². The van der Waals surface area contributed by atoms with Crippen LogP contribution in [0.1, 0.15) is 27.0 Å². The molecule has 0 spiro atoms. The highest BCUT2D eigenvalue weighted by Crippen LogP contribution is 2.35. The number of halogens is 3. The van der Waals surface area contributed by atoms with Gasteiger partial charge in [0.15, 0.2) is 0 Å². The van der Waals surface area contributed by atoms with Crippen molar-refractivity contribution in [1.82, 2.24) is 4.98 Å². The van der Waals surface area contributed by atoms with E-state index in [1.807, 2.05) is 6.07 Å². The molecule has 1 aliphatic heterocycles. The molecule has 140 valence electrons. The summed E-state index contributed by atoms with van der Waals surface area (Å²) in [5.74, 6) is -0.348. The summed E-state index contributed by atoms with van der Waals surface area (Å²) >= 11 is 0. The molecule has 1 N–H and O–H groups in total. The second kappa shape index (κ2) is 6.92. The van der Waals surface area contributed by atoms with Crippen LogP contribution in [-0.2, 0) is 12.6 Å². The Bertz CT molecular complexity index is 1080. The minimum atomic E-state index is -4.42. The number of para-hydroxylation sites is 1. The lowest BCUT2D eigenvalue weighted by Crippen LogP contribution is -2.12. The first-order chi connectivity index (χ1) is 13.4. The number of carbonyl (C=O) groups is 1. The number of fused-ring (bicyclic) bond motifs is 1. The maximum Gasteiger partial charge on any atom is 0.416 e. The molecular formula is C21H14F3N3O. The van der Waals surface area contributed by atoms with Crippen molar-refractivity contribution >= 4 is 23.0 Å². The largest absolute Gasteiger partial charge is 0.416 e. The Balaban J connectivity index is 1.66. The fourth-order valence-corrected chi connectivity index (χ4v) is 3.08. The average Bonchev–Trinajstić information content (AvgIpc) is 3.12. The van der Waals surface area contributed by atoms with E-state index in [0.29, 0.717) is 34.6 Å². The van der Waals surface area contributed by atoms with Gasteiger partial charge >= 0.3 is 6.18 Å². The van der Waals surface area contributed by atoms with Gasteiger partial charge in [0.1, 0.15) is 0 Å². The number of aliphatic imine (C=N–C) groups is 1. The average molecular weight is 381 g/mol. The molecule has 1 amide bonds. The van der Waals surface area contributed by atoms with Crippen LogP contribution < -0.4 is 5.32 Å². The number of benzene rings is 2. The molecule has 2 aromatic carbocycles. The Hall–Kier alpha value is -3.48. The van der Waals surface area contributed by atoms with E-state index in [1.165, 1.54) is 12.3 Å². The van der Waals surface area contributed by atoms with Crippen LogP contribution in [0.15, 0.2) is 72.0 Å². The predicted octanol–water partition coefficient (Wildman–Crippen LogP) is 5.03. The molecule has 0 bridgehead atoms. The molecule has 0 atom stereocenters. The van der Waals surface area contributed by atoms with Gasteiger partial charge in [0.2, 0.25) is 0 Å². The fourth-order valence-electron chi connectivity index (χ4n) is 3.08. The van der Waals surface area contributed by atoms with Crippen molar-refractivity contribution in [2.75, 3.05) is 5.32 Å². The van der Waals surface area contributed by atoms with Crippen LogP contribution in [0.3, 0.4) is 0 Å². The number of aromatic nitrogens is 1. The molecule has 4 nitrogen and oxygen atoms in total. The SMILES string of the molecule is O=C(Nc1cccnc1)c1cccc2c1N=C(c1cccc(C(F)(F)F)c1)C2. The summed E-state index contributed by atoms with van der Waals surface area (Å²) in [6, 6.07) is 13.7. The molecule has 0 saturated carbocycles. The lowest BCUT2D eigenvalue weighted by molar-refractivity contribution is -0.137. The van der Waals surface area contributed by atoms with E-state index in [9.17, 15) is 18.0 Å². The second-order valence-electron chi connectivity index (χ2n) is 6.32. The van der Waals surface area contributed by atoms with Gasteiger partial charge in [-0.1, -0.05) is 24.3 Å². The molecule has 0 aliphatic carbocycles. The Morgan fingerprint density at radius 1 is 1.04 bits per heavy atom. The van der Waals surface area contributed by atoms with Gasteiger partial charge < -0.3 is 5.32 Å². The van der Waals surface area contributed by atoms with E-state index in [-0.39, 0.29) is 5.91 Å². The summed E-state index contributed by atoms with van der Waals surface area (Å²) in [7, 11) is 0. The Morgan fingerprint density at radius 2 is 1.86 bits per heavy atom. The van der Waals surface area contributed by atoms with Crippen LogP contribution >= 0.6 is 0 Å². The van der Waals surface area contributed by atoms with Crippen LogP contribution in [0, 0.1) is 0 Å². The van der Waals surface area contributed by atoms with Gasteiger partial charge in [0.05, 0.1) is 34.4 Å². The van der Waals surface area contributed by atoms with Crippen molar-refractivity contribution in [2.45, 2.75) is 12.6 Å². The number of anilines is 1. The van der Waals surface area contributed by atoms with Gasteiger partial charge in [-0.2, -0.15) is 13.2 Å². The molecule has 0 saturated heterocycles. The third kappa shape index (κ3) is 3.51. The molecule has 28 heavy (non-hydrogen) atoms. The fraction of sp³-hybridized carbons (Fsp3) is 0.0952. The predicted molar refractivity (Wildman–Crippen MR) is 100.0 cm³/mol. The number of rotatable bonds is 3. The number of nitrogens with one attached hydrogen (secondary N) is 1. The van der Waals surface area contributed by atoms with Crippen LogP contribution in [-0.4, -0.2) is 16.6 Å². The van der Waals surface area contributed by atoms with Crippen molar-refractivity contribution in [3.05, 3.63) is 89.2 Å². The Morgan fingerprint density at radius 3 is 2.61 bits per heavy atom. The summed E-state index contributed by atoms with van der Waals surface area (Å²) in [5, 5.41) is 2.75. The molecular weight excluding hydrogens is 367 g/mol. The summed E-state index contributed by atoms with van der Waals surface area (Å²) in [5.41, 5.74) is 2.36. The van der Waals surface area contributed by atoms with Crippen LogP contribution in [0.2, 0.25) is 0 Å². The molecule has 7 heteroatoms. The quantitative estimate of drug-likeness (QED) is 0.692. The molecule has 1 aliphatic rings. The molecule has 1 aromatic heterocycles. The van der Waals surface area contributed by atoms with E-state index in [0.717, 1.165) is 17.7 Å². The summed E-state index contributed by atoms with van der Waals surface area (Å²) in [4.78, 5) is 21.1. The number of amides is 1. The zero-order valence-corrected chi connectivity index (χ0v) is 14.5. The van der Waals surface area contributed by atoms with Crippen molar-refractivity contribution in [3.63, 3.8) is 0 Å². The first-order valence-corrected chi connectivity index (χ1v) is 8.50. The van der Waals surface area contributed by atoms with Crippen molar-refractivity contribution in [3.8, 4) is 0 Å². The number of alkyl halides is 3. The topological polar surface area (TPSA) is 54.4 Å². The van der Waals surface area contributed by atoms with Crippen LogP contribution in [0.4, 0.5) is 24.5 Å². The molecule has 3 aromatic rings. The second-order valence-corrected chi connectivity index (χ2v) is 6.32. The first kappa shape index (κ1) is 17.9. The molecule has 0 radical (unpaired) electrons. The Labute approximate surface area is 158 Å². The maximum absolute atomic E-state index is 13.0. The van der Waals surface area contributed by atoms with Crippen LogP contribution in [0.25, 0.3) is 0 Å². The highest BCUT2D eigenvalue weighted by Gasteiger charge is 2.31. The van der Waals surface area contributed by atoms with Crippen molar-refractivity contribution in [1.29, 1.82) is 0 Å². The van der Waals surface area contributed by atoms with Gasteiger partial charge in [-0.15, -0.1) is 0 Å².